The van der Waals surface area contributed by atoms with Gasteiger partial charge in [0, 0.05) is 14.2 Å². The fourth-order valence-corrected chi connectivity index (χ4v) is 4.01. The summed E-state index contributed by atoms with van der Waals surface area (Å²) in [7, 11) is -0.0773. The summed E-state index contributed by atoms with van der Waals surface area (Å²) in [6.07, 6.45) is 0.660. The van der Waals surface area contributed by atoms with Crippen LogP contribution in [-0.4, -0.2) is 65.2 Å². The van der Waals surface area contributed by atoms with Gasteiger partial charge in [0.05, 0.1) is 19.0 Å². The minimum absolute atomic E-state index is 0.128. The molecule has 1 aliphatic heterocycles. The highest BCUT2D eigenvalue weighted by Crippen LogP contribution is 2.23. The molecule has 1 aromatic heterocycles. The SMILES string of the molecule is COC(=O)c1ccsc1S(=O)(=O)NC(=O)NC1=NC(OC)N(C)C=N1. The van der Waals surface area contributed by atoms with Gasteiger partial charge < -0.3 is 14.4 Å². The van der Waals surface area contributed by atoms with E-state index in [0.29, 0.717) is 0 Å². The maximum atomic E-state index is 12.3. The third kappa shape index (κ3) is 4.32. The second kappa shape index (κ2) is 7.58. The largest absolute Gasteiger partial charge is 0.465 e. The predicted molar refractivity (Wildman–Crippen MR) is 89.0 cm³/mol. The molecule has 1 unspecified atom stereocenters. The van der Waals surface area contributed by atoms with Crippen LogP contribution in [0.1, 0.15) is 10.4 Å². The number of nitrogens with one attached hydrogen (secondary N) is 2. The number of hydrogen-bond acceptors (Lipinski definition) is 10. The molecule has 2 N–H and O–H groups in total. The summed E-state index contributed by atoms with van der Waals surface area (Å²) >= 11 is 0.775. The number of guanidine groups is 1. The molecule has 0 aliphatic carbocycles. The van der Waals surface area contributed by atoms with Gasteiger partial charge in [-0.05, 0) is 11.4 Å². The summed E-state index contributed by atoms with van der Waals surface area (Å²) < 4.78 is 35.6. The number of hydrogen-bond donors (Lipinski definition) is 2. The van der Waals surface area contributed by atoms with Crippen LogP contribution in [0.25, 0.3) is 0 Å². The Balaban J connectivity index is 2.11. The van der Waals surface area contributed by atoms with Crippen LogP contribution in [0.4, 0.5) is 4.79 Å². The Bertz CT molecular complexity index is 831. The summed E-state index contributed by atoms with van der Waals surface area (Å²) in [4.78, 5) is 32.8. The van der Waals surface area contributed by atoms with Crippen molar-refractivity contribution in [3.8, 4) is 0 Å². The zero-order chi connectivity index (χ0) is 18.6. The second-order valence-electron chi connectivity index (χ2n) is 4.60. The van der Waals surface area contributed by atoms with E-state index in [9.17, 15) is 18.0 Å². The first-order valence-electron chi connectivity index (χ1n) is 6.65. The third-order valence-electron chi connectivity index (χ3n) is 2.89. The van der Waals surface area contributed by atoms with Crippen LogP contribution in [-0.2, 0) is 19.5 Å². The number of methoxy groups -OCH3 is 2. The van der Waals surface area contributed by atoms with Crippen LogP contribution in [0.3, 0.4) is 0 Å². The van der Waals surface area contributed by atoms with E-state index in [1.165, 1.54) is 29.8 Å². The molecule has 0 fully saturated rings. The monoisotopic (exact) mass is 389 g/mol. The molecule has 0 aromatic carbocycles. The Kier molecular flexibility index (Phi) is 5.71. The number of esters is 1. The van der Waals surface area contributed by atoms with Crippen LogP contribution in [0, 0.1) is 0 Å². The average Bonchev–Trinajstić information content (AvgIpc) is 3.06. The van der Waals surface area contributed by atoms with Crippen molar-refractivity contribution in [2.75, 3.05) is 21.3 Å². The van der Waals surface area contributed by atoms with Crippen molar-refractivity contribution >= 4 is 45.7 Å². The Morgan fingerprint density at radius 3 is 2.72 bits per heavy atom. The second-order valence-corrected chi connectivity index (χ2v) is 7.39. The minimum atomic E-state index is -4.28. The van der Waals surface area contributed by atoms with Crippen molar-refractivity contribution < 1.29 is 27.5 Å². The fraction of sp³-hybridized carbons (Fsp3) is 0.333. The number of rotatable bonds is 4. The Hall–Kier alpha value is -2.51. The van der Waals surface area contributed by atoms with Crippen LogP contribution in [0.5, 0.6) is 0 Å². The number of nitrogens with zero attached hydrogens (tertiary/aromatic N) is 3. The van der Waals surface area contributed by atoms with Gasteiger partial charge in [-0.3, -0.25) is 5.32 Å². The maximum Gasteiger partial charge on any atom is 0.340 e. The molecule has 0 saturated heterocycles. The van der Waals surface area contributed by atoms with E-state index < -0.39 is 28.4 Å². The van der Waals surface area contributed by atoms with Gasteiger partial charge in [-0.25, -0.2) is 27.7 Å². The lowest BCUT2D eigenvalue weighted by Crippen LogP contribution is -2.45. The summed E-state index contributed by atoms with van der Waals surface area (Å²) in [5, 5.41) is 3.59. The number of ether oxygens (including phenoxy) is 2. The lowest BCUT2D eigenvalue weighted by molar-refractivity contribution is 0.0279. The van der Waals surface area contributed by atoms with E-state index in [-0.39, 0.29) is 15.7 Å². The van der Waals surface area contributed by atoms with E-state index in [1.54, 1.807) is 11.8 Å². The van der Waals surface area contributed by atoms with Crippen molar-refractivity contribution in [3.05, 3.63) is 17.0 Å². The number of aliphatic imine (C=N–C) groups is 2. The molecule has 2 heterocycles. The van der Waals surface area contributed by atoms with Gasteiger partial charge in [-0.1, -0.05) is 0 Å². The van der Waals surface area contributed by atoms with Crippen LogP contribution < -0.4 is 10.0 Å². The first-order chi connectivity index (χ1) is 11.8. The average molecular weight is 389 g/mol. The molecule has 1 aliphatic rings. The standard InChI is InChI=1S/C12H15N5O6S2/c1-17-6-13-10(15-12(17)23-3)14-11(19)16-25(20,21)9-7(4-5-24-9)8(18)22-2/h4-6,12H,1-3H3,(H2,14,15,16,19). The van der Waals surface area contributed by atoms with Crippen molar-refractivity contribution in [1.82, 2.24) is 14.9 Å². The van der Waals surface area contributed by atoms with Crippen molar-refractivity contribution in [2.24, 2.45) is 9.98 Å². The van der Waals surface area contributed by atoms with Crippen molar-refractivity contribution in [2.45, 2.75) is 10.6 Å². The van der Waals surface area contributed by atoms with Gasteiger partial charge >= 0.3 is 12.0 Å². The number of thiophene rings is 1. The zero-order valence-corrected chi connectivity index (χ0v) is 15.1. The topological polar surface area (TPSA) is 139 Å². The van der Waals surface area contributed by atoms with Gasteiger partial charge in [0.2, 0.25) is 12.3 Å². The summed E-state index contributed by atoms with van der Waals surface area (Å²) in [5.41, 5.74) is -0.165. The third-order valence-corrected chi connectivity index (χ3v) is 5.70. The number of sulfonamides is 1. The highest BCUT2D eigenvalue weighted by atomic mass is 32.2. The smallest absolute Gasteiger partial charge is 0.340 e. The van der Waals surface area contributed by atoms with E-state index in [4.69, 9.17) is 4.74 Å². The molecule has 2 amide bonds. The molecule has 0 saturated carbocycles. The van der Waals surface area contributed by atoms with E-state index in [2.05, 4.69) is 20.0 Å². The van der Waals surface area contributed by atoms with Gasteiger partial charge in [0.15, 0.2) is 4.21 Å². The molecule has 11 nitrogen and oxygen atoms in total. The van der Waals surface area contributed by atoms with Gasteiger partial charge in [0.25, 0.3) is 10.0 Å². The summed E-state index contributed by atoms with van der Waals surface area (Å²) in [6.45, 7) is 0. The number of urea groups is 1. The van der Waals surface area contributed by atoms with Crippen LogP contribution in [0.15, 0.2) is 25.6 Å². The highest BCUT2D eigenvalue weighted by molar-refractivity contribution is 7.92. The highest BCUT2D eigenvalue weighted by Gasteiger charge is 2.27. The van der Waals surface area contributed by atoms with Crippen molar-refractivity contribution in [3.63, 3.8) is 0 Å². The van der Waals surface area contributed by atoms with Crippen LogP contribution >= 0.6 is 11.3 Å². The molecule has 25 heavy (non-hydrogen) atoms. The molecular weight excluding hydrogens is 374 g/mol. The molecule has 1 atom stereocenters. The van der Waals surface area contributed by atoms with E-state index in [1.807, 2.05) is 0 Å². The van der Waals surface area contributed by atoms with Gasteiger partial charge in [0.1, 0.15) is 0 Å². The molecule has 0 spiro atoms. The molecule has 0 bridgehead atoms. The molecule has 13 heteroatoms. The molecule has 0 radical (unpaired) electrons. The fourth-order valence-electron chi connectivity index (χ4n) is 1.78. The lowest BCUT2D eigenvalue weighted by atomic mass is 10.3. The zero-order valence-electron chi connectivity index (χ0n) is 13.4. The minimum Gasteiger partial charge on any atom is -0.465 e. The first-order valence-corrected chi connectivity index (χ1v) is 9.01. The normalized spacial score (nSPS) is 17.0. The van der Waals surface area contributed by atoms with Gasteiger partial charge in [-0.2, -0.15) is 4.99 Å². The lowest BCUT2D eigenvalue weighted by Gasteiger charge is -2.24. The van der Waals surface area contributed by atoms with E-state index >= 15 is 0 Å². The van der Waals surface area contributed by atoms with Crippen molar-refractivity contribution in [1.29, 1.82) is 0 Å². The Labute approximate surface area is 147 Å². The number of amides is 2. The molecular formula is C12H15N5O6S2. The Morgan fingerprint density at radius 2 is 2.08 bits per heavy atom. The predicted octanol–water partition coefficient (Wildman–Crippen LogP) is -0.218. The van der Waals surface area contributed by atoms with Gasteiger partial charge in [-0.15, -0.1) is 11.3 Å². The maximum absolute atomic E-state index is 12.3. The Morgan fingerprint density at radius 1 is 1.36 bits per heavy atom. The van der Waals surface area contributed by atoms with Crippen LogP contribution in [0.2, 0.25) is 0 Å². The summed E-state index contributed by atoms with van der Waals surface area (Å²) in [5.74, 6) is -0.953. The molecule has 136 valence electrons. The number of carbonyl (C=O) groups is 2. The first kappa shape index (κ1) is 18.8. The molecule has 1 aromatic rings. The molecule has 2 rings (SSSR count). The van der Waals surface area contributed by atoms with E-state index in [0.717, 1.165) is 18.4 Å². The summed E-state index contributed by atoms with van der Waals surface area (Å²) in [6, 6.07) is 0.205. The quantitative estimate of drug-likeness (QED) is 0.679. The number of carbonyl (C=O) groups excluding carboxylic acids is 2.